The van der Waals surface area contributed by atoms with Gasteiger partial charge in [-0.3, -0.25) is 9.59 Å². The quantitative estimate of drug-likeness (QED) is 0.212. The number of aromatic nitrogens is 1. The van der Waals surface area contributed by atoms with Gasteiger partial charge in [-0.25, -0.2) is 4.98 Å². The highest BCUT2D eigenvalue weighted by Crippen LogP contribution is 2.36. The Kier molecular flexibility index (Phi) is 8.82. The third-order valence-electron chi connectivity index (χ3n) is 6.46. The summed E-state index contributed by atoms with van der Waals surface area (Å²) in [6, 6.07) is 20.1. The van der Waals surface area contributed by atoms with Crippen molar-refractivity contribution in [2.24, 2.45) is 0 Å². The Bertz CT molecular complexity index is 1490. The molecule has 0 saturated carbocycles. The minimum Gasteiger partial charge on any atom is -0.481 e. The van der Waals surface area contributed by atoms with Crippen LogP contribution in [0.4, 0.5) is 24.0 Å². The standard InChI is InChI=1S/C31H30F3N3O3S/c1-30(2,3)23-12-14-25(15-13-23)37(18-20-4-6-22(7-5-20)28(40)35-17-16-27(38)39)29-36-26(19-41-29)21-8-10-24(11-9-21)31(32,33)34/h4-15,19H,16-18H2,1-3H3,(H,35,40)(H,38,39). The maximum atomic E-state index is 13.0. The first kappa shape index (κ1) is 29.8. The summed E-state index contributed by atoms with van der Waals surface area (Å²) in [6.45, 7) is 6.87. The minimum atomic E-state index is -4.41. The molecule has 1 amide bonds. The normalized spacial score (nSPS) is 11.8. The number of carbonyl (C=O) groups is 2. The Morgan fingerprint density at radius 1 is 0.902 bits per heavy atom. The molecule has 0 saturated heterocycles. The van der Waals surface area contributed by atoms with Crippen LogP contribution < -0.4 is 10.2 Å². The van der Waals surface area contributed by atoms with Gasteiger partial charge in [0.2, 0.25) is 0 Å². The zero-order valence-electron chi connectivity index (χ0n) is 22.8. The molecule has 214 valence electrons. The molecule has 6 nitrogen and oxygen atoms in total. The molecule has 3 aromatic carbocycles. The van der Waals surface area contributed by atoms with E-state index in [1.807, 2.05) is 34.5 Å². The molecule has 41 heavy (non-hydrogen) atoms. The lowest BCUT2D eigenvalue weighted by Crippen LogP contribution is -2.26. The third-order valence-corrected chi connectivity index (χ3v) is 7.32. The Balaban J connectivity index is 1.60. The largest absolute Gasteiger partial charge is 0.481 e. The second kappa shape index (κ2) is 12.1. The molecule has 2 N–H and O–H groups in total. The van der Waals surface area contributed by atoms with Crippen molar-refractivity contribution in [3.05, 3.63) is 100 Å². The molecule has 0 bridgehead atoms. The highest BCUT2D eigenvalue weighted by atomic mass is 32.1. The van der Waals surface area contributed by atoms with Crippen molar-refractivity contribution >= 4 is 34.0 Å². The van der Waals surface area contributed by atoms with Crippen molar-refractivity contribution in [3.8, 4) is 11.3 Å². The van der Waals surface area contributed by atoms with E-state index >= 15 is 0 Å². The number of thiazole rings is 1. The second-order valence-corrected chi connectivity index (χ2v) is 11.4. The number of carboxylic acid groups (broad SMARTS) is 1. The van der Waals surface area contributed by atoms with E-state index < -0.39 is 17.7 Å². The molecule has 0 radical (unpaired) electrons. The van der Waals surface area contributed by atoms with Crippen LogP contribution >= 0.6 is 11.3 Å². The summed E-state index contributed by atoms with van der Waals surface area (Å²) in [5.74, 6) is -1.34. The van der Waals surface area contributed by atoms with E-state index in [9.17, 15) is 22.8 Å². The fourth-order valence-electron chi connectivity index (χ4n) is 4.09. The average Bonchev–Trinajstić information content (AvgIpc) is 3.41. The van der Waals surface area contributed by atoms with Crippen LogP contribution in [-0.4, -0.2) is 28.5 Å². The van der Waals surface area contributed by atoms with Crippen LogP contribution in [0.25, 0.3) is 11.3 Å². The zero-order valence-corrected chi connectivity index (χ0v) is 23.6. The summed E-state index contributed by atoms with van der Waals surface area (Å²) in [6.07, 6.45) is -4.56. The van der Waals surface area contributed by atoms with Crippen LogP contribution in [0.15, 0.2) is 78.2 Å². The lowest BCUT2D eigenvalue weighted by molar-refractivity contribution is -0.138. The number of nitrogens with zero attached hydrogens (tertiary/aromatic N) is 2. The minimum absolute atomic E-state index is 0.0266. The van der Waals surface area contributed by atoms with Gasteiger partial charge in [-0.05, 0) is 52.9 Å². The van der Waals surface area contributed by atoms with Gasteiger partial charge in [0.05, 0.1) is 24.2 Å². The summed E-state index contributed by atoms with van der Waals surface area (Å²) in [5.41, 5.74) is 3.80. The van der Waals surface area contributed by atoms with Crippen LogP contribution in [0.5, 0.6) is 0 Å². The number of anilines is 2. The monoisotopic (exact) mass is 581 g/mol. The number of hydrogen-bond acceptors (Lipinski definition) is 5. The van der Waals surface area contributed by atoms with Gasteiger partial charge in [0, 0.05) is 28.7 Å². The summed E-state index contributed by atoms with van der Waals surface area (Å²) < 4.78 is 39.1. The first-order chi connectivity index (χ1) is 19.3. The van der Waals surface area contributed by atoms with E-state index in [4.69, 9.17) is 10.1 Å². The number of carbonyl (C=O) groups excluding carboxylic acids is 1. The van der Waals surface area contributed by atoms with Gasteiger partial charge in [0.25, 0.3) is 5.91 Å². The number of carboxylic acids is 1. The van der Waals surface area contributed by atoms with Gasteiger partial charge >= 0.3 is 12.1 Å². The highest BCUT2D eigenvalue weighted by molar-refractivity contribution is 7.14. The molecule has 0 aliphatic heterocycles. The van der Waals surface area contributed by atoms with Crippen LogP contribution in [0.2, 0.25) is 0 Å². The average molecular weight is 582 g/mol. The number of halogens is 3. The Morgan fingerprint density at radius 2 is 1.51 bits per heavy atom. The number of nitrogens with one attached hydrogen (secondary N) is 1. The number of hydrogen-bond donors (Lipinski definition) is 2. The molecule has 0 aliphatic carbocycles. The van der Waals surface area contributed by atoms with E-state index in [2.05, 4.69) is 38.2 Å². The van der Waals surface area contributed by atoms with Crippen LogP contribution in [0.1, 0.15) is 54.2 Å². The first-order valence-corrected chi connectivity index (χ1v) is 13.8. The maximum Gasteiger partial charge on any atom is 0.416 e. The number of aliphatic carboxylic acids is 1. The van der Waals surface area contributed by atoms with Crippen LogP contribution in [-0.2, 0) is 22.9 Å². The van der Waals surface area contributed by atoms with Crippen molar-refractivity contribution in [1.82, 2.24) is 10.3 Å². The van der Waals surface area contributed by atoms with Crippen molar-refractivity contribution in [3.63, 3.8) is 0 Å². The van der Waals surface area contributed by atoms with Gasteiger partial charge in [-0.1, -0.05) is 57.2 Å². The number of benzene rings is 3. The van der Waals surface area contributed by atoms with Crippen molar-refractivity contribution in [2.45, 2.75) is 45.3 Å². The summed E-state index contributed by atoms with van der Waals surface area (Å²) in [7, 11) is 0. The van der Waals surface area contributed by atoms with E-state index in [0.29, 0.717) is 28.5 Å². The summed E-state index contributed by atoms with van der Waals surface area (Å²) >= 11 is 1.39. The van der Waals surface area contributed by atoms with Crippen LogP contribution in [0.3, 0.4) is 0 Å². The molecule has 1 heterocycles. The molecule has 0 fully saturated rings. The molecule has 4 rings (SSSR count). The molecule has 0 spiro atoms. The predicted molar refractivity (Wildman–Crippen MR) is 155 cm³/mol. The fourth-order valence-corrected chi connectivity index (χ4v) is 4.94. The topological polar surface area (TPSA) is 82.5 Å². The zero-order chi connectivity index (χ0) is 29.8. The molecule has 1 aromatic heterocycles. The summed E-state index contributed by atoms with van der Waals surface area (Å²) in [5, 5.41) is 13.8. The van der Waals surface area contributed by atoms with Crippen molar-refractivity contribution in [1.29, 1.82) is 0 Å². The molecule has 0 atom stereocenters. The van der Waals surface area contributed by atoms with E-state index in [-0.39, 0.29) is 24.3 Å². The number of amides is 1. The van der Waals surface area contributed by atoms with Gasteiger partial charge in [0.15, 0.2) is 5.13 Å². The first-order valence-electron chi connectivity index (χ1n) is 12.9. The lowest BCUT2D eigenvalue weighted by atomic mass is 9.87. The van der Waals surface area contributed by atoms with Crippen LogP contribution in [0, 0.1) is 0 Å². The van der Waals surface area contributed by atoms with Gasteiger partial charge < -0.3 is 15.3 Å². The van der Waals surface area contributed by atoms with E-state index in [1.54, 1.807) is 12.1 Å². The molecular weight excluding hydrogens is 551 g/mol. The molecule has 10 heteroatoms. The smallest absolute Gasteiger partial charge is 0.416 e. The SMILES string of the molecule is CC(C)(C)c1ccc(N(Cc2ccc(C(=O)NCCC(=O)O)cc2)c2nc(-c3ccc(C(F)(F)F)cc3)cs2)cc1. The van der Waals surface area contributed by atoms with E-state index in [1.165, 1.54) is 29.0 Å². The number of alkyl halides is 3. The van der Waals surface area contributed by atoms with Crippen molar-refractivity contribution in [2.75, 3.05) is 11.4 Å². The highest BCUT2D eigenvalue weighted by Gasteiger charge is 2.30. The van der Waals surface area contributed by atoms with E-state index in [0.717, 1.165) is 23.4 Å². The third kappa shape index (κ3) is 7.73. The lowest BCUT2D eigenvalue weighted by Gasteiger charge is -2.24. The molecular formula is C31H30F3N3O3S. The Labute approximate surface area is 240 Å². The predicted octanol–water partition coefficient (Wildman–Crippen LogP) is 7.67. The fraction of sp³-hybridized carbons (Fsp3) is 0.258. The maximum absolute atomic E-state index is 13.0. The van der Waals surface area contributed by atoms with Gasteiger partial charge in [-0.15, -0.1) is 11.3 Å². The van der Waals surface area contributed by atoms with Gasteiger partial charge in [0.1, 0.15) is 0 Å². The summed E-state index contributed by atoms with van der Waals surface area (Å²) in [4.78, 5) is 29.8. The molecule has 4 aromatic rings. The Morgan fingerprint density at radius 3 is 2.07 bits per heavy atom. The molecule has 0 aliphatic rings. The second-order valence-electron chi connectivity index (χ2n) is 10.6. The number of rotatable bonds is 9. The molecule has 0 unspecified atom stereocenters. The van der Waals surface area contributed by atoms with Crippen molar-refractivity contribution < 1.29 is 27.9 Å². The Hall–Kier alpha value is -4.18. The van der Waals surface area contributed by atoms with Gasteiger partial charge in [-0.2, -0.15) is 13.2 Å².